The summed E-state index contributed by atoms with van der Waals surface area (Å²) < 4.78 is 0. The van der Waals surface area contributed by atoms with Gasteiger partial charge < -0.3 is 11.1 Å². The lowest BCUT2D eigenvalue weighted by Gasteiger charge is -2.15. The molecule has 0 bridgehead atoms. The van der Waals surface area contributed by atoms with Gasteiger partial charge in [0.15, 0.2) is 0 Å². The van der Waals surface area contributed by atoms with Gasteiger partial charge in [-0.15, -0.1) is 0 Å². The fourth-order valence-electron chi connectivity index (χ4n) is 1.81. The van der Waals surface area contributed by atoms with E-state index in [0.717, 1.165) is 5.56 Å². The Balaban J connectivity index is 2.13. The number of benzene rings is 2. The number of halogens is 1. The highest BCUT2D eigenvalue weighted by Gasteiger charge is 2.14. The van der Waals surface area contributed by atoms with E-state index in [2.05, 4.69) is 5.32 Å². The van der Waals surface area contributed by atoms with Crippen LogP contribution in [0.3, 0.4) is 0 Å². The summed E-state index contributed by atoms with van der Waals surface area (Å²) in [5.41, 5.74) is 7.62. The molecule has 98 valence electrons. The summed E-state index contributed by atoms with van der Waals surface area (Å²) in [5, 5.41) is 3.27. The summed E-state index contributed by atoms with van der Waals surface area (Å²) >= 11 is 6.01. The maximum Gasteiger partial charge on any atom is 0.253 e. The number of nitrogens with two attached hydrogens (primary N) is 1. The second-order valence-electron chi connectivity index (χ2n) is 4.35. The Morgan fingerprint density at radius 3 is 2.53 bits per heavy atom. The van der Waals surface area contributed by atoms with Crippen LogP contribution in [0.5, 0.6) is 0 Å². The summed E-state index contributed by atoms with van der Waals surface area (Å²) in [6, 6.07) is 14.5. The molecule has 0 spiro atoms. The lowest BCUT2D eigenvalue weighted by Crippen LogP contribution is -2.26. The van der Waals surface area contributed by atoms with Crippen molar-refractivity contribution in [1.29, 1.82) is 0 Å². The number of amides is 1. The van der Waals surface area contributed by atoms with Crippen molar-refractivity contribution in [1.82, 2.24) is 5.32 Å². The molecule has 1 amide bonds. The first-order valence-corrected chi connectivity index (χ1v) is 6.36. The molecule has 0 aliphatic rings. The molecule has 3 N–H and O–H groups in total. The van der Waals surface area contributed by atoms with Crippen molar-refractivity contribution >= 4 is 23.2 Å². The summed E-state index contributed by atoms with van der Waals surface area (Å²) in [6.07, 6.45) is 0. The Bertz CT molecular complexity index is 584. The Labute approximate surface area is 117 Å². The van der Waals surface area contributed by atoms with E-state index < -0.39 is 0 Å². The second kappa shape index (κ2) is 5.76. The number of hydrogen-bond donors (Lipinski definition) is 2. The van der Waals surface area contributed by atoms with Gasteiger partial charge in [-0.05, 0) is 30.7 Å². The maximum atomic E-state index is 12.1. The molecule has 0 aliphatic carbocycles. The predicted molar refractivity (Wildman–Crippen MR) is 78.2 cm³/mol. The fourth-order valence-corrected chi connectivity index (χ4v) is 2.09. The third-order valence-electron chi connectivity index (χ3n) is 2.88. The van der Waals surface area contributed by atoms with Crippen molar-refractivity contribution in [2.45, 2.75) is 13.0 Å². The molecule has 2 rings (SSSR count). The van der Waals surface area contributed by atoms with Crippen molar-refractivity contribution in [3.63, 3.8) is 0 Å². The van der Waals surface area contributed by atoms with Crippen molar-refractivity contribution < 1.29 is 4.79 Å². The molecule has 1 atom stereocenters. The zero-order chi connectivity index (χ0) is 13.8. The molecule has 0 saturated carbocycles. The monoisotopic (exact) mass is 274 g/mol. The summed E-state index contributed by atoms with van der Waals surface area (Å²) in [7, 11) is 0. The van der Waals surface area contributed by atoms with Crippen LogP contribution < -0.4 is 11.1 Å². The van der Waals surface area contributed by atoms with Gasteiger partial charge in [0.05, 0.1) is 16.6 Å². The first-order chi connectivity index (χ1) is 9.08. The van der Waals surface area contributed by atoms with E-state index in [1.807, 2.05) is 37.3 Å². The van der Waals surface area contributed by atoms with Crippen LogP contribution in [0.25, 0.3) is 0 Å². The number of nitrogens with one attached hydrogen (secondary N) is 1. The zero-order valence-corrected chi connectivity index (χ0v) is 11.3. The van der Waals surface area contributed by atoms with Gasteiger partial charge in [-0.3, -0.25) is 4.79 Å². The molecular formula is C15H15ClN2O. The van der Waals surface area contributed by atoms with Crippen LogP contribution in [-0.2, 0) is 0 Å². The topological polar surface area (TPSA) is 55.1 Å². The molecule has 4 heteroatoms. The van der Waals surface area contributed by atoms with Crippen LogP contribution in [0.15, 0.2) is 48.5 Å². The van der Waals surface area contributed by atoms with E-state index in [0.29, 0.717) is 16.3 Å². The van der Waals surface area contributed by atoms with Gasteiger partial charge in [0, 0.05) is 5.69 Å². The Kier molecular flexibility index (Phi) is 4.07. The van der Waals surface area contributed by atoms with Crippen molar-refractivity contribution in [3.8, 4) is 0 Å². The molecule has 2 aromatic carbocycles. The van der Waals surface area contributed by atoms with Crippen LogP contribution in [0.2, 0.25) is 5.02 Å². The predicted octanol–water partition coefficient (Wildman–Crippen LogP) is 3.41. The standard InChI is InChI=1S/C15H15ClN2O/c1-10(11-5-3-2-4-6-11)18-15(19)13-8-7-12(17)9-14(13)16/h2-10H,17H2,1H3,(H,18,19)/t10-/m1/s1. The molecule has 2 aromatic rings. The van der Waals surface area contributed by atoms with E-state index in [9.17, 15) is 4.79 Å². The molecule has 0 unspecified atom stereocenters. The molecule has 3 nitrogen and oxygen atoms in total. The highest BCUT2D eigenvalue weighted by Crippen LogP contribution is 2.20. The number of nitrogen functional groups attached to an aromatic ring is 1. The minimum absolute atomic E-state index is 0.0812. The van der Waals surface area contributed by atoms with Crippen molar-refractivity contribution in [2.75, 3.05) is 5.73 Å². The third kappa shape index (κ3) is 3.26. The van der Waals surface area contributed by atoms with Gasteiger partial charge in [-0.1, -0.05) is 41.9 Å². The van der Waals surface area contributed by atoms with Gasteiger partial charge in [0.1, 0.15) is 0 Å². The Morgan fingerprint density at radius 2 is 1.89 bits per heavy atom. The molecule has 0 heterocycles. The van der Waals surface area contributed by atoms with Crippen LogP contribution in [-0.4, -0.2) is 5.91 Å². The van der Waals surface area contributed by atoms with Gasteiger partial charge in [0.25, 0.3) is 5.91 Å². The molecule has 0 aliphatic heterocycles. The number of carbonyl (C=O) groups excluding carboxylic acids is 1. The highest BCUT2D eigenvalue weighted by atomic mass is 35.5. The Hall–Kier alpha value is -2.00. The third-order valence-corrected chi connectivity index (χ3v) is 3.20. The van der Waals surface area contributed by atoms with Gasteiger partial charge in [-0.25, -0.2) is 0 Å². The normalized spacial score (nSPS) is 11.9. The van der Waals surface area contributed by atoms with Crippen molar-refractivity contribution in [2.24, 2.45) is 0 Å². The average Bonchev–Trinajstić information content (AvgIpc) is 2.39. The van der Waals surface area contributed by atoms with E-state index >= 15 is 0 Å². The van der Waals surface area contributed by atoms with Crippen LogP contribution in [0.4, 0.5) is 5.69 Å². The minimum Gasteiger partial charge on any atom is -0.399 e. The largest absolute Gasteiger partial charge is 0.399 e. The summed E-state index contributed by atoms with van der Waals surface area (Å²) in [4.78, 5) is 12.1. The van der Waals surface area contributed by atoms with Crippen LogP contribution >= 0.6 is 11.6 Å². The Morgan fingerprint density at radius 1 is 1.21 bits per heavy atom. The van der Waals surface area contributed by atoms with E-state index in [4.69, 9.17) is 17.3 Å². The SMILES string of the molecule is C[C@@H](NC(=O)c1ccc(N)cc1Cl)c1ccccc1. The molecule has 0 saturated heterocycles. The molecule has 0 aromatic heterocycles. The van der Waals surface area contributed by atoms with Crippen LogP contribution in [0, 0.1) is 0 Å². The van der Waals surface area contributed by atoms with E-state index in [-0.39, 0.29) is 11.9 Å². The first kappa shape index (κ1) is 13.4. The fraction of sp³-hybridized carbons (Fsp3) is 0.133. The highest BCUT2D eigenvalue weighted by molar-refractivity contribution is 6.34. The maximum absolute atomic E-state index is 12.1. The summed E-state index contributed by atoms with van der Waals surface area (Å²) in [5.74, 6) is -0.207. The molecule has 19 heavy (non-hydrogen) atoms. The minimum atomic E-state index is -0.207. The second-order valence-corrected chi connectivity index (χ2v) is 4.75. The van der Waals surface area contributed by atoms with Gasteiger partial charge in [-0.2, -0.15) is 0 Å². The van der Waals surface area contributed by atoms with Crippen molar-refractivity contribution in [3.05, 3.63) is 64.7 Å². The number of rotatable bonds is 3. The quantitative estimate of drug-likeness (QED) is 0.843. The lowest BCUT2D eigenvalue weighted by atomic mass is 10.1. The first-order valence-electron chi connectivity index (χ1n) is 5.99. The van der Waals surface area contributed by atoms with Crippen LogP contribution in [0.1, 0.15) is 28.9 Å². The molecule has 0 radical (unpaired) electrons. The average molecular weight is 275 g/mol. The zero-order valence-electron chi connectivity index (χ0n) is 10.6. The van der Waals surface area contributed by atoms with Gasteiger partial charge >= 0.3 is 0 Å². The van der Waals surface area contributed by atoms with Gasteiger partial charge in [0.2, 0.25) is 0 Å². The van der Waals surface area contributed by atoms with E-state index in [1.165, 1.54) is 0 Å². The van der Waals surface area contributed by atoms with E-state index in [1.54, 1.807) is 18.2 Å². The molecular weight excluding hydrogens is 260 g/mol. The lowest BCUT2D eigenvalue weighted by molar-refractivity contribution is 0.0940. The number of carbonyl (C=O) groups is 1. The molecule has 0 fully saturated rings. The smallest absolute Gasteiger partial charge is 0.253 e. The number of anilines is 1. The summed E-state index contributed by atoms with van der Waals surface area (Å²) in [6.45, 7) is 1.93. The number of hydrogen-bond acceptors (Lipinski definition) is 2.